The molecule has 1 aromatic carbocycles. The van der Waals surface area contributed by atoms with Gasteiger partial charge in [-0.05, 0) is 24.6 Å². The summed E-state index contributed by atoms with van der Waals surface area (Å²) in [5, 5.41) is 10.2. The molecule has 1 rings (SSSR count). The summed E-state index contributed by atoms with van der Waals surface area (Å²) < 4.78 is 0. The second-order valence-electron chi connectivity index (χ2n) is 3.00. The minimum Gasteiger partial charge on any atom is -0.507 e. The molecule has 80 valence electrons. The predicted octanol–water partition coefficient (Wildman–Crippen LogP) is 1.73. The van der Waals surface area contributed by atoms with Gasteiger partial charge in [-0.3, -0.25) is 0 Å². The number of hydrogen-bond donors (Lipinski definition) is 3. The minimum atomic E-state index is -0.364. The van der Waals surface area contributed by atoms with Gasteiger partial charge in [0, 0.05) is 23.2 Å². The van der Waals surface area contributed by atoms with Gasteiger partial charge in [-0.15, -0.1) is 12.4 Å². The molecule has 0 fully saturated rings. The van der Waals surface area contributed by atoms with Gasteiger partial charge in [0.25, 0.3) is 0 Å². The molecule has 1 atom stereocenters. The molecule has 0 amide bonds. The van der Waals surface area contributed by atoms with Crippen LogP contribution in [0.25, 0.3) is 0 Å². The molecule has 0 radical (unpaired) electrons. The van der Waals surface area contributed by atoms with Crippen LogP contribution in [0.4, 0.5) is 0 Å². The second-order valence-corrected chi connectivity index (χ2v) is 3.44. The highest BCUT2D eigenvalue weighted by Crippen LogP contribution is 2.29. The van der Waals surface area contributed by atoms with E-state index < -0.39 is 0 Å². The van der Waals surface area contributed by atoms with Gasteiger partial charge in [0.1, 0.15) is 5.75 Å². The summed E-state index contributed by atoms with van der Waals surface area (Å²) >= 11 is 5.82. The fourth-order valence-corrected chi connectivity index (χ4v) is 1.45. The topological polar surface area (TPSA) is 72.3 Å². The van der Waals surface area contributed by atoms with E-state index in [1.165, 1.54) is 0 Å². The number of aromatic hydroxyl groups is 1. The molecule has 0 saturated carbocycles. The van der Waals surface area contributed by atoms with Crippen molar-refractivity contribution in [2.75, 3.05) is 6.54 Å². The Labute approximate surface area is 94.5 Å². The van der Waals surface area contributed by atoms with Crippen LogP contribution in [0.1, 0.15) is 17.2 Å². The fourth-order valence-electron chi connectivity index (χ4n) is 1.17. The zero-order valence-electron chi connectivity index (χ0n) is 7.83. The Balaban J connectivity index is 0.00000169. The zero-order chi connectivity index (χ0) is 10.0. The van der Waals surface area contributed by atoms with Crippen LogP contribution in [-0.2, 0) is 0 Å². The Hall–Kier alpha value is -0.480. The number of halogens is 2. The van der Waals surface area contributed by atoms with E-state index in [0.29, 0.717) is 16.1 Å². The molecular weight excluding hydrogens is 223 g/mol. The lowest BCUT2D eigenvalue weighted by Crippen LogP contribution is -2.20. The zero-order valence-corrected chi connectivity index (χ0v) is 9.40. The van der Waals surface area contributed by atoms with Gasteiger partial charge in [0.05, 0.1) is 0 Å². The maximum absolute atomic E-state index is 9.63. The first kappa shape index (κ1) is 13.5. The quantitative estimate of drug-likeness (QED) is 0.733. The Kier molecular flexibility index (Phi) is 5.23. The molecule has 0 saturated heterocycles. The van der Waals surface area contributed by atoms with Crippen molar-refractivity contribution in [2.45, 2.75) is 13.0 Å². The van der Waals surface area contributed by atoms with Crippen LogP contribution < -0.4 is 11.5 Å². The maximum atomic E-state index is 9.63. The standard InChI is InChI=1S/C9H13ClN2O.ClH/c1-5-2-6(10)3-7(9(5)13)8(12)4-11;/h2-3,8,13H,4,11-12H2,1H3;1H/t8-;/m1./s1. The van der Waals surface area contributed by atoms with Crippen molar-refractivity contribution < 1.29 is 5.11 Å². The SMILES string of the molecule is Cc1cc(Cl)cc([C@H](N)CN)c1O.Cl. The number of nitrogens with two attached hydrogens (primary N) is 2. The molecular formula is C9H14Cl2N2O. The first-order chi connectivity index (χ1) is 6.06. The van der Waals surface area contributed by atoms with Gasteiger partial charge in [-0.1, -0.05) is 11.6 Å². The molecule has 3 nitrogen and oxygen atoms in total. The molecule has 14 heavy (non-hydrogen) atoms. The van der Waals surface area contributed by atoms with Crippen molar-refractivity contribution in [3.63, 3.8) is 0 Å². The van der Waals surface area contributed by atoms with Gasteiger partial charge >= 0.3 is 0 Å². The Morgan fingerprint density at radius 3 is 2.57 bits per heavy atom. The summed E-state index contributed by atoms with van der Waals surface area (Å²) in [6, 6.07) is 2.96. The number of hydrogen-bond acceptors (Lipinski definition) is 3. The fraction of sp³-hybridized carbons (Fsp3) is 0.333. The van der Waals surface area contributed by atoms with E-state index in [4.69, 9.17) is 23.1 Å². The molecule has 1 aromatic rings. The number of rotatable bonds is 2. The van der Waals surface area contributed by atoms with Crippen molar-refractivity contribution in [1.29, 1.82) is 0 Å². The largest absolute Gasteiger partial charge is 0.507 e. The molecule has 5 N–H and O–H groups in total. The summed E-state index contributed by atoms with van der Waals surface area (Å²) in [5.41, 5.74) is 12.4. The Morgan fingerprint density at radius 2 is 2.07 bits per heavy atom. The van der Waals surface area contributed by atoms with Crippen LogP contribution in [0, 0.1) is 6.92 Å². The van der Waals surface area contributed by atoms with E-state index in [0.717, 1.165) is 0 Å². The van der Waals surface area contributed by atoms with Crippen LogP contribution in [-0.4, -0.2) is 11.7 Å². The van der Waals surface area contributed by atoms with Crippen molar-refractivity contribution in [3.05, 3.63) is 28.3 Å². The molecule has 0 bridgehead atoms. The Bertz CT molecular complexity index is 318. The van der Waals surface area contributed by atoms with Gasteiger partial charge in [0.2, 0.25) is 0 Å². The van der Waals surface area contributed by atoms with Gasteiger partial charge in [0.15, 0.2) is 0 Å². The lowest BCUT2D eigenvalue weighted by atomic mass is 10.0. The number of aryl methyl sites for hydroxylation is 1. The number of phenols is 1. The van der Waals surface area contributed by atoms with E-state index in [1.54, 1.807) is 19.1 Å². The number of phenolic OH excluding ortho intramolecular Hbond substituents is 1. The highest BCUT2D eigenvalue weighted by Gasteiger charge is 2.11. The van der Waals surface area contributed by atoms with Crippen LogP contribution in [0.2, 0.25) is 5.02 Å². The highest BCUT2D eigenvalue weighted by molar-refractivity contribution is 6.30. The molecule has 0 aliphatic heterocycles. The molecule has 5 heteroatoms. The van der Waals surface area contributed by atoms with Gasteiger partial charge < -0.3 is 16.6 Å². The minimum absolute atomic E-state index is 0. The van der Waals surface area contributed by atoms with E-state index in [2.05, 4.69) is 0 Å². The normalized spacial score (nSPS) is 12.0. The second kappa shape index (κ2) is 5.41. The lowest BCUT2D eigenvalue weighted by molar-refractivity contribution is 0.458. The van der Waals surface area contributed by atoms with E-state index in [-0.39, 0.29) is 30.7 Å². The van der Waals surface area contributed by atoms with Crippen LogP contribution in [0.5, 0.6) is 5.75 Å². The van der Waals surface area contributed by atoms with Crippen molar-refractivity contribution in [1.82, 2.24) is 0 Å². The molecule has 0 spiro atoms. The van der Waals surface area contributed by atoms with Gasteiger partial charge in [-0.25, -0.2) is 0 Å². The molecule has 0 unspecified atom stereocenters. The molecule has 0 heterocycles. The van der Waals surface area contributed by atoms with Gasteiger partial charge in [-0.2, -0.15) is 0 Å². The van der Waals surface area contributed by atoms with E-state index in [1.807, 2.05) is 0 Å². The van der Waals surface area contributed by atoms with Crippen molar-refractivity contribution in [2.24, 2.45) is 11.5 Å². The summed E-state index contributed by atoms with van der Waals surface area (Å²) in [6.07, 6.45) is 0. The first-order valence-electron chi connectivity index (χ1n) is 4.01. The number of benzene rings is 1. The summed E-state index contributed by atoms with van der Waals surface area (Å²) in [5.74, 6) is 0.183. The monoisotopic (exact) mass is 236 g/mol. The highest BCUT2D eigenvalue weighted by atomic mass is 35.5. The van der Waals surface area contributed by atoms with E-state index >= 15 is 0 Å². The molecule has 0 aliphatic carbocycles. The molecule has 0 aliphatic rings. The summed E-state index contributed by atoms with van der Waals surface area (Å²) in [6.45, 7) is 2.06. The van der Waals surface area contributed by atoms with Crippen molar-refractivity contribution in [3.8, 4) is 5.75 Å². The third-order valence-corrected chi connectivity index (χ3v) is 2.17. The predicted molar refractivity (Wildman–Crippen MR) is 61.1 cm³/mol. The van der Waals surface area contributed by atoms with Crippen LogP contribution in [0.15, 0.2) is 12.1 Å². The van der Waals surface area contributed by atoms with Crippen LogP contribution in [0.3, 0.4) is 0 Å². The van der Waals surface area contributed by atoms with E-state index in [9.17, 15) is 5.11 Å². The smallest absolute Gasteiger partial charge is 0.123 e. The third-order valence-electron chi connectivity index (χ3n) is 1.95. The van der Waals surface area contributed by atoms with Crippen LogP contribution >= 0.6 is 24.0 Å². The first-order valence-corrected chi connectivity index (χ1v) is 4.38. The summed E-state index contributed by atoms with van der Waals surface area (Å²) in [7, 11) is 0. The average Bonchev–Trinajstić information content (AvgIpc) is 2.10. The maximum Gasteiger partial charge on any atom is 0.123 e. The lowest BCUT2D eigenvalue weighted by Gasteiger charge is -2.13. The Morgan fingerprint density at radius 1 is 1.50 bits per heavy atom. The molecule has 0 aromatic heterocycles. The van der Waals surface area contributed by atoms with Crippen molar-refractivity contribution >= 4 is 24.0 Å². The third kappa shape index (κ3) is 2.75. The summed E-state index contributed by atoms with van der Waals surface area (Å²) in [4.78, 5) is 0. The average molecular weight is 237 g/mol.